The summed E-state index contributed by atoms with van der Waals surface area (Å²) < 4.78 is 1.21. The molecule has 3 heteroatoms. The molecular formula is C8H9Cl2Sb. The Labute approximate surface area is 81.8 Å². The van der Waals surface area contributed by atoms with Crippen LogP contribution in [0.15, 0.2) is 24.3 Å². The average molecular weight is 298 g/mol. The summed E-state index contributed by atoms with van der Waals surface area (Å²) in [5, 5.41) is 0. The second-order valence-electron chi connectivity index (χ2n) is 2.22. The van der Waals surface area contributed by atoms with Crippen LogP contribution in [-0.2, 0) is 6.42 Å². The van der Waals surface area contributed by atoms with Crippen LogP contribution in [0.5, 0.6) is 0 Å². The van der Waals surface area contributed by atoms with Crippen LogP contribution in [0.2, 0.25) is 0 Å². The van der Waals surface area contributed by atoms with Gasteiger partial charge in [-0.05, 0) is 0 Å². The topological polar surface area (TPSA) is 0 Å². The molecule has 0 atom stereocenters. The standard InChI is InChI=1S/C8H9.2ClH.Sb/c1-2-8-6-4-3-5-7-8;;;/h3-6H,2H2,1H3;2*1H;/q;;;+2/p-2. The van der Waals surface area contributed by atoms with Crippen molar-refractivity contribution in [1.82, 2.24) is 0 Å². The molecule has 0 unspecified atom stereocenters. The molecule has 0 aliphatic heterocycles. The van der Waals surface area contributed by atoms with Crippen molar-refractivity contribution in [2.24, 2.45) is 0 Å². The van der Waals surface area contributed by atoms with Crippen LogP contribution >= 0.6 is 17.7 Å². The molecule has 1 aromatic rings. The molecule has 0 aromatic heterocycles. The molecule has 0 spiro atoms. The van der Waals surface area contributed by atoms with Crippen molar-refractivity contribution in [3.63, 3.8) is 0 Å². The van der Waals surface area contributed by atoms with Gasteiger partial charge in [0.15, 0.2) is 0 Å². The van der Waals surface area contributed by atoms with Crippen LogP contribution in [-0.4, -0.2) is 17.9 Å². The third kappa shape index (κ3) is 2.54. The van der Waals surface area contributed by atoms with E-state index in [1.165, 1.54) is 9.07 Å². The average Bonchev–Trinajstić information content (AvgIpc) is 2.04. The molecule has 0 aliphatic carbocycles. The summed E-state index contributed by atoms with van der Waals surface area (Å²) in [6, 6.07) is 8.16. The number of benzene rings is 1. The van der Waals surface area contributed by atoms with Gasteiger partial charge in [0.1, 0.15) is 0 Å². The number of hydrogen-bond acceptors (Lipinski definition) is 0. The van der Waals surface area contributed by atoms with Gasteiger partial charge in [0.2, 0.25) is 0 Å². The first-order valence-electron chi connectivity index (χ1n) is 3.45. The fourth-order valence-corrected chi connectivity index (χ4v) is 5.04. The number of halogens is 2. The van der Waals surface area contributed by atoms with Gasteiger partial charge in [0.25, 0.3) is 0 Å². The van der Waals surface area contributed by atoms with E-state index in [0.717, 1.165) is 6.42 Å². The first kappa shape index (κ1) is 9.70. The molecule has 0 fully saturated rings. The zero-order chi connectivity index (χ0) is 8.27. The van der Waals surface area contributed by atoms with Gasteiger partial charge in [0.05, 0.1) is 0 Å². The van der Waals surface area contributed by atoms with Crippen molar-refractivity contribution in [2.75, 3.05) is 0 Å². The Hall–Kier alpha value is 0.618. The zero-order valence-corrected chi connectivity index (χ0v) is 10.3. The number of hydrogen-bond donors (Lipinski definition) is 0. The van der Waals surface area contributed by atoms with Crippen molar-refractivity contribution in [3.05, 3.63) is 29.8 Å². The van der Waals surface area contributed by atoms with E-state index in [0.29, 0.717) is 0 Å². The van der Waals surface area contributed by atoms with Crippen molar-refractivity contribution < 1.29 is 0 Å². The molecule has 0 N–H and O–H groups in total. The van der Waals surface area contributed by atoms with E-state index < -0.39 is 17.9 Å². The van der Waals surface area contributed by atoms with Crippen molar-refractivity contribution in [2.45, 2.75) is 13.3 Å². The first-order chi connectivity index (χ1) is 5.25. The van der Waals surface area contributed by atoms with Crippen LogP contribution in [0.1, 0.15) is 12.5 Å². The zero-order valence-electron chi connectivity index (χ0n) is 6.22. The molecule has 11 heavy (non-hydrogen) atoms. The summed E-state index contributed by atoms with van der Waals surface area (Å²) >= 11 is -2.04. The van der Waals surface area contributed by atoms with Crippen molar-refractivity contribution in [1.29, 1.82) is 0 Å². The third-order valence-electron chi connectivity index (χ3n) is 1.55. The van der Waals surface area contributed by atoms with Gasteiger partial charge in [-0.2, -0.15) is 0 Å². The monoisotopic (exact) mass is 296 g/mol. The number of aryl methyl sites for hydroxylation is 1. The van der Waals surface area contributed by atoms with Gasteiger partial charge in [-0.25, -0.2) is 0 Å². The Balaban J connectivity index is 3.02. The Morgan fingerprint density at radius 3 is 2.36 bits per heavy atom. The predicted octanol–water partition coefficient (Wildman–Crippen LogP) is 2.42. The minimum atomic E-state index is -2.04. The van der Waals surface area contributed by atoms with E-state index in [2.05, 4.69) is 13.0 Å². The molecular weight excluding hydrogens is 289 g/mol. The van der Waals surface area contributed by atoms with Crippen LogP contribution < -0.4 is 3.51 Å². The van der Waals surface area contributed by atoms with E-state index in [1.807, 2.05) is 18.2 Å². The second-order valence-corrected chi connectivity index (χ2v) is 10.6. The summed E-state index contributed by atoms with van der Waals surface area (Å²) in [6.45, 7) is 2.12. The quantitative estimate of drug-likeness (QED) is 0.736. The van der Waals surface area contributed by atoms with E-state index in [1.54, 1.807) is 0 Å². The normalized spacial score (nSPS) is 10.5. The first-order valence-corrected chi connectivity index (χ1v) is 11.2. The van der Waals surface area contributed by atoms with Crippen LogP contribution in [0.25, 0.3) is 0 Å². The maximum atomic E-state index is 5.94. The van der Waals surface area contributed by atoms with E-state index in [4.69, 9.17) is 17.7 Å². The Bertz CT molecular complexity index is 235. The number of rotatable bonds is 2. The summed E-state index contributed by atoms with van der Waals surface area (Å²) in [5.74, 6) is 0. The molecule has 60 valence electrons. The van der Waals surface area contributed by atoms with Crippen LogP contribution in [0, 0.1) is 0 Å². The Morgan fingerprint density at radius 1 is 1.27 bits per heavy atom. The van der Waals surface area contributed by atoms with Crippen molar-refractivity contribution >= 4 is 39.1 Å². The third-order valence-corrected chi connectivity index (χ3v) is 6.28. The summed E-state index contributed by atoms with van der Waals surface area (Å²) in [4.78, 5) is 0. The van der Waals surface area contributed by atoms with Gasteiger partial charge in [-0.3, -0.25) is 0 Å². The maximum absolute atomic E-state index is 5.94. The molecule has 0 bridgehead atoms. The SMILES string of the molecule is CCc1cccc[c]1[Sb]([Cl])[Cl]. The molecule has 1 rings (SSSR count). The minimum absolute atomic E-state index is 1.02. The Morgan fingerprint density at radius 2 is 1.91 bits per heavy atom. The molecule has 0 heterocycles. The van der Waals surface area contributed by atoms with Gasteiger partial charge in [0, 0.05) is 0 Å². The molecule has 0 radical (unpaired) electrons. The fraction of sp³-hybridized carbons (Fsp3) is 0.250. The van der Waals surface area contributed by atoms with E-state index >= 15 is 0 Å². The molecule has 0 saturated heterocycles. The second kappa shape index (κ2) is 4.60. The summed E-state index contributed by atoms with van der Waals surface area (Å²) in [6.07, 6.45) is 1.02. The molecule has 0 saturated carbocycles. The van der Waals surface area contributed by atoms with Gasteiger partial charge in [-0.1, -0.05) is 0 Å². The van der Waals surface area contributed by atoms with Gasteiger partial charge < -0.3 is 0 Å². The van der Waals surface area contributed by atoms with Crippen molar-refractivity contribution in [3.8, 4) is 0 Å². The van der Waals surface area contributed by atoms with Crippen LogP contribution in [0.4, 0.5) is 0 Å². The predicted molar refractivity (Wildman–Crippen MR) is 52.9 cm³/mol. The molecule has 0 nitrogen and oxygen atoms in total. The Kier molecular flexibility index (Phi) is 4.06. The van der Waals surface area contributed by atoms with E-state index in [-0.39, 0.29) is 0 Å². The summed E-state index contributed by atoms with van der Waals surface area (Å²) in [5.41, 5.74) is 1.31. The molecule has 0 aliphatic rings. The van der Waals surface area contributed by atoms with Crippen LogP contribution in [0.3, 0.4) is 0 Å². The van der Waals surface area contributed by atoms with Gasteiger partial charge in [-0.15, -0.1) is 0 Å². The van der Waals surface area contributed by atoms with Gasteiger partial charge >= 0.3 is 82.3 Å². The molecule has 0 amide bonds. The summed E-state index contributed by atoms with van der Waals surface area (Å²) in [7, 11) is 11.9. The molecule has 1 aromatic carbocycles. The van der Waals surface area contributed by atoms with E-state index in [9.17, 15) is 0 Å². The fourth-order valence-electron chi connectivity index (χ4n) is 0.975.